The minimum atomic E-state index is 0.724. The van der Waals surface area contributed by atoms with Gasteiger partial charge >= 0.3 is 0 Å². The van der Waals surface area contributed by atoms with Crippen LogP contribution in [-0.4, -0.2) is 6.61 Å². The molecule has 0 aliphatic heterocycles. The second-order valence-corrected chi connectivity index (χ2v) is 3.79. The predicted octanol–water partition coefficient (Wildman–Crippen LogP) is 4.37. The molecule has 0 spiro atoms. The molecule has 0 radical (unpaired) electrons. The molecule has 90 valence electrons. The lowest BCUT2D eigenvalue weighted by Gasteiger charge is -2.07. The van der Waals surface area contributed by atoms with E-state index in [1.165, 1.54) is 11.1 Å². The normalized spacial score (nSPS) is 11.0. The standard InChI is InChI=1S/C16H20O/c1-4-9-14-10-7-8-11-15(14)13-16(6-3)17-12-5-2/h4,6-8,10-11,13H,1,3,5,9,12H2,2H3/b16-13+. The van der Waals surface area contributed by atoms with Crippen LogP contribution in [-0.2, 0) is 11.2 Å². The second-order valence-electron chi connectivity index (χ2n) is 3.79. The Labute approximate surface area is 104 Å². The van der Waals surface area contributed by atoms with Crippen molar-refractivity contribution in [2.24, 2.45) is 0 Å². The van der Waals surface area contributed by atoms with Crippen molar-refractivity contribution in [3.05, 3.63) is 66.5 Å². The van der Waals surface area contributed by atoms with E-state index in [0.717, 1.165) is 25.2 Å². The summed E-state index contributed by atoms with van der Waals surface area (Å²) in [5.41, 5.74) is 2.42. The maximum absolute atomic E-state index is 5.59. The molecule has 0 heterocycles. The van der Waals surface area contributed by atoms with Gasteiger partial charge in [0.05, 0.1) is 6.61 Å². The molecule has 0 N–H and O–H groups in total. The van der Waals surface area contributed by atoms with Crippen molar-refractivity contribution in [2.75, 3.05) is 6.61 Å². The van der Waals surface area contributed by atoms with Crippen LogP contribution in [0.1, 0.15) is 24.5 Å². The van der Waals surface area contributed by atoms with Gasteiger partial charge in [0.1, 0.15) is 5.76 Å². The molecule has 0 saturated heterocycles. The summed E-state index contributed by atoms with van der Waals surface area (Å²) in [6.45, 7) is 10.4. The molecule has 17 heavy (non-hydrogen) atoms. The topological polar surface area (TPSA) is 9.23 Å². The van der Waals surface area contributed by atoms with Crippen LogP contribution < -0.4 is 0 Å². The highest BCUT2D eigenvalue weighted by molar-refractivity contribution is 5.57. The average molecular weight is 228 g/mol. The van der Waals surface area contributed by atoms with Gasteiger partial charge in [0.25, 0.3) is 0 Å². The van der Waals surface area contributed by atoms with Gasteiger partial charge in [0.15, 0.2) is 0 Å². The first-order valence-corrected chi connectivity index (χ1v) is 5.97. The Morgan fingerprint density at radius 2 is 2.06 bits per heavy atom. The number of hydrogen-bond acceptors (Lipinski definition) is 1. The zero-order valence-electron chi connectivity index (χ0n) is 10.5. The van der Waals surface area contributed by atoms with Gasteiger partial charge in [-0.15, -0.1) is 6.58 Å². The van der Waals surface area contributed by atoms with Gasteiger partial charge in [-0.1, -0.05) is 43.8 Å². The number of ether oxygens (including phenoxy) is 1. The maximum Gasteiger partial charge on any atom is 0.119 e. The largest absolute Gasteiger partial charge is 0.494 e. The summed E-state index contributed by atoms with van der Waals surface area (Å²) in [4.78, 5) is 0. The first-order valence-electron chi connectivity index (χ1n) is 5.97. The molecular weight excluding hydrogens is 208 g/mol. The van der Waals surface area contributed by atoms with Crippen LogP contribution in [0.2, 0.25) is 0 Å². The highest BCUT2D eigenvalue weighted by Crippen LogP contribution is 2.15. The molecule has 0 saturated carbocycles. The number of allylic oxidation sites excluding steroid dienone is 2. The highest BCUT2D eigenvalue weighted by atomic mass is 16.5. The Hall–Kier alpha value is -1.76. The SMILES string of the molecule is C=CCc1ccccc1/C=C(\C=C)OCCC. The molecule has 1 aromatic carbocycles. The van der Waals surface area contributed by atoms with Crippen molar-refractivity contribution >= 4 is 6.08 Å². The van der Waals surface area contributed by atoms with Gasteiger partial charge in [0.2, 0.25) is 0 Å². The lowest BCUT2D eigenvalue weighted by molar-refractivity contribution is 0.228. The van der Waals surface area contributed by atoms with Gasteiger partial charge in [-0.05, 0) is 36.1 Å². The van der Waals surface area contributed by atoms with Crippen molar-refractivity contribution in [3.63, 3.8) is 0 Å². The second kappa shape index (κ2) is 7.50. The molecular formula is C16H20O. The summed E-state index contributed by atoms with van der Waals surface area (Å²) in [6, 6.07) is 8.25. The van der Waals surface area contributed by atoms with Gasteiger partial charge in [0, 0.05) is 0 Å². The summed E-state index contributed by atoms with van der Waals surface area (Å²) >= 11 is 0. The highest BCUT2D eigenvalue weighted by Gasteiger charge is 1.99. The molecule has 0 atom stereocenters. The van der Waals surface area contributed by atoms with Crippen LogP contribution in [0.5, 0.6) is 0 Å². The van der Waals surface area contributed by atoms with Crippen molar-refractivity contribution in [1.29, 1.82) is 0 Å². The van der Waals surface area contributed by atoms with Gasteiger partial charge in [-0.25, -0.2) is 0 Å². The van der Waals surface area contributed by atoms with E-state index in [0.29, 0.717) is 0 Å². The molecule has 1 aromatic rings. The molecule has 1 heteroatoms. The van der Waals surface area contributed by atoms with Crippen LogP contribution in [0.15, 0.2) is 55.3 Å². The van der Waals surface area contributed by atoms with E-state index >= 15 is 0 Å². The fraction of sp³-hybridized carbons (Fsp3) is 0.250. The first-order chi connectivity index (χ1) is 8.31. The van der Waals surface area contributed by atoms with Crippen molar-refractivity contribution in [1.82, 2.24) is 0 Å². The third-order valence-electron chi connectivity index (χ3n) is 2.39. The lowest BCUT2D eigenvalue weighted by Crippen LogP contribution is -1.92. The lowest BCUT2D eigenvalue weighted by atomic mass is 10.0. The van der Waals surface area contributed by atoms with Crippen molar-refractivity contribution in [3.8, 4) is 0 Å². The quantitative estimate of drug-likeness (QED) is 0.382. The van der Waals surface area contributed by atoms with E-state index in [9.17, 15) is 0 Å². The molecule has 0 aliphatic carbocycles. The molecule has 0 fully saturated rings. The number of rotatable bonds is 7. The summed E-state index contributed by atoms with van der Waals surface area (Å²) in [5.74, 6) is 0.823. The van der Waals surface area contributed by atoms with Gasteiger partial charge < -0.3 is 4.74 Å². The van der Waals surface area contributed by atoms with Gasteiger partial charge in [-0.3, -0.25) is 0 Å². The van der Waals surface area contributed by atoms with Crippen LogP contribution in [0.25, 0.3) is 6.08 Å². The van der Waals surface area contributed by atoms with Gasteiger partial charge in [-0.2, -0.15) is 0 Å². The Morgan fingerprint density at radius 1 is 1.29 bits per heavy atom. The van der Waals surface area contributed by atoms with Crippen LogP contribution >= 0.6 is 0 Å². The monoisotopic (exact) mass is 228 g/mol. The number of hydrogen-bond donors (Lipinski definition) is 0. The predicted molar refractivity (Wildman–Crippen MR) is 74.8 cm³/mol. The molecule has 0 aromatic heterocycles. The minimum absolute atomic E-state index is 0.724. The fourth-order valence-corrected chi connectivity index (χ4v) is 1.55. The smallest absolute Gasteiger partial charge is 0.119 e. The maximum atomic E-state index is 5.59. The molecule has 0 aliphatic rings. The summed E-state index contributed by atoms with van der Waals surface area (Å²) < 4.78 is 5.59. The van der Waals surface area contributed by atoms with E-state index in [1.807, 2.05) is 24.3 Å². The fourth-order valence-electron chi connectivity index (χ4n) is 1.55. The van der Waals surface area contributed by atoms with E-state index in [-0.39, 0.29) is 0 Å². The summed E-state index contributed by atoms with van der Waals surface area (Å²) in [6.07, 6.45) is 7.55. The zero-order chi connectivity index (χ0) is 12.5. The third-order valence-corrected chi connectivity index (χ3v) is 2.39. The molecule has 0 amide bonds. The van der Waals surface area contributed by atoms with Crippen molar-refractivity contribution < 1.29 is 4.74 Å². The number of benzene rings is 1. The van der Waals surface area contributed by atoms with Crippen LogP contribution in [0, 0.1) is 0 Å². The van der Waals surface area contributed by atoms with E-state index in [4.69, 9.17) is 4.74 Å². The van der Waals surface area contributed by atoms with Crippen LogP contribution in [0.4, 0.5) is 0 Å². The Bertz CT molecular complexity index is 402. The van der Waals surface area contributed by atoms with Crippen molar-refractivity contribution in [2.45, 2.75) is 19.8 Å². The van der Waals surface area contributed by atoms with E-state index in [1.54, 1.807) is 6.08 Å². The molecule has 0 bridgehead atoms. The Morgan fingerprint density at radius 3 is 2.71 bits per heavy atom. The summed E-state index contributed by atoms with van der Waals surface area (Å²) in [7, 11) is 0. The summed E-state index contributed by atoms with van der Waals surface area (Å²) in [5, 5.41) is 0. The van der Waals surface area contributed by atoms with E-state index < -0.39 is 0 Å². The molecule has 1 rings (SSSR count). The minimum Gasteiger partial charge on any atom is -0.494 e. The Kier molecular flexibility index (Phi) is 5.87. The molecule has 0 unspecified atom stereocenters. The van der Waals surface area contributed by atoms with E-state index in [2.05, 4.69) is 32.2 Å². The Balaban J connectivity index is 2.93. The zero-order valence-corrected chi connectivity index (χ0v) is 10.5. The first kappa shape index (κ1) is 13.3. The molecule has 1 nitrogen and oxygen atoms in total. The van der Waals surface area contributed by atoms with Crippen LogP contribution in [0.3, 0.4) is 0 Å². The third kappa shape index (κ3) is 4.31. The average Bonchev–Trinajstić information content (AvgIpc) is 2.36.